The molecule has 2 aromatic carbocycles. The fourth-order valence-electron chi connectivity index (χ4n) is 2.98. The Morgan fingerprint density at radius 2 is 1.96 bits per heavy atom. The highest BCUT2D eigenvalue weighted by molar-refractivity contribution is 6.14. The maximum Gasteiger partial charge on any atom is 0.265 e. The van der Waals surface area contributed by atoms with Crippen LogP contribution in [0.3, 0.4) is 0 Å². The lowest BCUT2D eigenvalue weighted by molar-refractivity contribution is -0.127. The summed E-state index contributed by atoms with van der Waals surface area (Å²) >= 11 is 0. The number of ether oxygens (including phenoxy) is 2. The molecule has 7 heteroatoms. The van der Waals surface area contributed by atoms with E-state index in [0.29, 0.717) is 23.4 Å². The second kappa shape index (κ2) is 7.11. The fourth-order valence-corrected chi connectivity index (χ4v) is 2.98. The highest BCUT2D eigenvalue weighted by atomic mass is 16.5. The predicted molar refractivity (Wildman–Crippen MR) is 101 cm³/mol. The largest absolute Gasteiger partial charge is 0.497 e. The third kappa shape index (κ3) is 3.36. The number of amides is 2. The Morgan fingerprint density at radius 3 is 2.67 bits per heavy atom. The zero-order valence-corrected chi connectivity index (χ0v) is 15.3. The third-order valence-corrected chi connectivity index (χ3v) is 4.45. The molecule has 2 aromatic rings. The summed E-state index contributed by atoms with van der Waals surface area (Å²) in [6.45, 7) is 3.01. The molecule has 0 spiro atoms. The first kappa shape index (κ1) is 18.4. The van der Waals surface area contributed by atoms with Crippen LogP contribution in [0.1, 0.15) is 24.2 Å². The number of methoxy groups -OCH3 is 1. The lowest BCUT2D eigenvalue weighted by Gasteiger charge is -2.41. The minimum atomic E-state index is -1.08. The maximum atomic E-state index is 12.9. The van der Waals surface area contributed by atoms with Gasteiger partial charge in [-0.25, -0.2) is 0 Å². The smallest absolute Gasteiger partial charge is 0.265 e. The molecule has 27 heavy (non-hydrogen) atoms. The second-order valence-electron chi connectivity index (χ2n) is 6.57. The Bertz CT molecular complexity index is 907. The summed E-state index contributed by atoms with van der Waals surface area (Å²) in [6, 6.07) is 11.8. The number of hydrogen-bond donors (Lipinski definition) is 1. The number of para-hydroxylation sites is 2. The molecule has 2 amide bonds. The van der Waals surface area contributed by atoms with Crippen LogP contribution in [0.15, 0.2) is 42.5 Å². The van der Waals surface area contributed by atoms with Crippen LogP contribution >= 0.6 is 0 Å². The van der Waals surface area contributed by atoms with Gasteiger partial charge < -0.3 is 14.8 Å². The van der Waals surface area contributed by atoms with Crippen LogP contribution in [-0.2, 0) is 9.59 Å². The van der Waals surface area contributed by atoms with Crippen molar-refractivity contribution in [1.29, 1.82) is 0 Å². The second-order valence-corrected chi connectivity index (χ2v) is 6.57. The highest BCUT2D eigenvalue weighted by Gasteiger charge is 2.43. The van der Waals surface area contributed by atoms with Crippen molar-refractivity contribution in [3.63, 3.8) is 0 Å². The Hall–Kier alpha value is -3.35. The molecule has 7 nitrogen and oxygen atoms in total. The first-order chi connectivity index (χ1) is 12.9. The molecule has 0 aliphatic carbocycles. The maximum absolute atomic E-state index is 12.9. The predicted octanol–water partition coefficient (Wildman–Crippen LogP) is 2.65. The number of nitrogens with one attached hydrogen (secondary N) is 1. The van der Waals surface area contributed by atoms with Crippen LogP contribution in [0.2, 0.25) is 0 Å². The van der Waals surface area contributed by atoms with Gasteiger partial charge in [-0.1, -0.05) is 12.1 Å². The molecule has 3 rings (SSSR count). The summed E-state index contributed by atoms with van der Waals surface area (Å²) in [5, 5.41) is 2.81. The average molecular weight is 368 g/mol. The molecular formula is C20H20N2O5. The van der Waals surface area contributed by atoms with Crippen molar-refractivity contribution in [1.82, 2.24) is 0 Å². The van der Waals surface area contributed by atoms with Gasteiger partial charge >= 0.3 is 0 Å². The van der Waals surface area contributed by atoms with Gasteiger partial charge in [0.25, 0.3) is 5.91 Å². The summed E-state index contributed by atoms with van der Waals surface area (Å²) in [5.74, 6) is 0.104. The van der Waals surface area contributed by atoms with Crippen molar-refractivity contribution in [2.45, 2.75) is 19.4 Å². The lowest BCUT2D eigenvalue weighted by atomic mass is 9.96. The topological polar surface area (TPSA) is 84.9 Å². The van der Waals surface area contributed by atoms with E-state index in [-0.39, 0.29) is 23.8 Å². The molecule has 0 aromatic heterocycles. The van der Waals surface area contributed by atoms with Gasteiger partial charge in [0, 0.05) is 0 Å². The fraction of sp³-hybridized carbons (Fsp3) is 0.250. The van der Waals surface area contributed by atoms with Crippen LogP contribution in [0, 0.1) is 0 Å². The van der Waals surface area contributed by atoms with E-state index in [2.05, 4.69) is 5.32 Å². The van der Waals surface area contributed by atoms with Crippen molar-refractivity contribution < 1.29 is 23.9 Å². The Morgan fingerprint density at radius 1 is 1.22 bits per heavy atom. The quantitative estimate of drug-likeness (QED) is 0.820. The zero-order chi connectivity index (χ0) is 19.6. The molecule has 0 atom stereocenters. The third-order valence-electron chi connectivity index (χ3n) is 4.45. The number of fused-ring (bicyclic) bond motifs is 1. The van der Waals surface area contributed by atoms with Crippen molar-refractivity contribution in [3.8, 4) is 11.5 Å². The molecule has 0 saturated heterocycles. The number of anilines is 2. The first-order valence-corrected chi connectivity index (χ1v) is 8.38. The number of aldehydes is 1. The molecule has 1 aliphatic heterocycles. The van der Waals surface area contributed by atoms with E-state index in [1.54, 1.807) is 50.2 Å². The summed E-state index contributed by atoms with van der Waals surface area (Å²) in [7, 11) is 1.49. The summed E-state index contributed by atoms with van der Waals surface area (Å²) < 4.78 is 10.7. The number of carbonyl (C=O) groups is 3. The van der Waals surface area contributed by atoms with E-state index in [4.69, 9.17) is 9.47 Å². The van der Waals surface area contributed by atoms with Crippen LogP contribution in [-0.4, -0.2) is 37.4 Å². The molecule has 0 fully saturated rings. The van der Waals surface area contributed by atoms with E-state index in [1.165, 1.54) is 18.1 Å². The summed E-state index contributed by atoms with van der Waals surface area (Å²) in [5.41, 5.74) is 0.356. The lowest BCUT2D eigenvalue weighted by Crippen LogP contribution is -2.59. The molecule has 0 unspecified atom stereocenters. The van der Waals surface area contributed by atoms with Gasteiger partial charge in [-0.15, -0.1) is 0 Å². The normalized spacial score (nSPS) is 14.8. The average Bonchev–Trinajstić information content (AvgIpc) is 2.66. The van der Waals surface area contributed by atoms with E-state index in [0.717, 1.165) is 0 Å². The van der Waals surface area contributed by atoms with Crippen molar-refractivity contribution >= 4 is 29.5 Å². The molecule has 1 heterocycles. The van der Waals surface area contributed by atoms with Crippen LogP contribution < -0.4 is 19.7 Å². The van der Waals surface area contributed by atoms with Crippen molar-refractivity contribution in [2.24, 2.45) is 0 Å². The number of hydrogen-bond acceptors (Lipinski definition) is 5. The van der Waals surface area contributed by atoms with E-state index in [9.17, 15) is 14.4 Å². The Balaban J connectivity index is 1.85. The van der Waals surface area contributed by atoms with Gasteiger partial charge in [0.05, 0.1) is 24.0 Å². The molecule has 140 valence electrons. The molecular weight excluding hydrogens is 348 g/mol. The van der Waals surface area contributed by atoms with Gasteiger partial charge in [-0.05, 0) is 44.2 Å². The number of rotatable bonds is 5. The zero-order valence-electron chi connectivity index (χ0n) is 15.3. The van der Waals surface area contributed by atoms with E-state index >= 15 is 0 Å². The van der Waals surface area contributed by atoms with Gasteiger partial charge in [-0.2, -0.15) is 0 Å². The standard InChI is InChI=1S/C20H20N2O5/c1-20(2)19(25)21-15-6-4-5-7-16(15)22(20)18(24)12-27-17-9-8-14(26-3)10-13(17)11-23/h4-11H,12H2,1-3H3,(H,21,25). The van der Waals surface area contributed by atoms with Gasteiger partial charge in [0.2, 0.25) is 5.91 Å². The summed E-state index contributed by atoms with van der Waals surface area (Å²) in [4.78, 5) is 38.0. The Kier molecular flexibility index (Phi) is 4.85. The van der Waals surface area contributed by atoms with Gasteiger partial charge in [-0.3, -0.25) is 19.3 Å². The summed E-state index contributed by atoms with van der Waals surface area (Å²) in [6.07, 6.45) is 0.635. The number of benzene rings is 2. The SMILES string of the molecule is COc1ccc(OCC(=O)N2c3ccccc3NC(=O)C2(C)C)c(C=O)c1. The van der Waals surface area contributed by atoms with E-state index in [1.807, 2.05) is 0 Å². The Labute approximate surface area is 156 Å². The molecule has 0 radical (unpaired) electrons. The number of carbonyl (C=O) groups excluding carboxylic acids is 3. The van der Waals surface area contributed by atoms with E-state index < -0.39 is 11.4 Å². The molecule has 1 N–H and O–H groups in total. The molecule has 1 aliphatic rings. The monoisotopic (exact) mass is 368 g/mol. The van der Waals surface area contributed by atoms with Gasteiger partial charge in [0.15, 0.2) is 12.9 Å². The van der Waals surface area contributed by atoms with Gasteiger partial charge in [0.1, 0.15) is 17.0 Å². The number of nitrogens with zero attached hydrogens (tertiary/aromatic N) is 1. The van der Waals surface area contributed by atoms with Crippen LogP contribution in [0.5, 0.6) is 11.5 Å². The van der Waals surface area contributed by atoms with Crippen molar-refractivity contribution in [3.05, 3.63) is 48.0 Å². The molecule has 0 bridgehead atoms. The minimum Gasteiger partial charge on any atom is -0.497 e. The van der Waals surface area contributed by atoms with Crippen LogP contribution in [0.25, 0.3) is 0 Å². The van der Waals surface area contributed by atoms with Crippen LogP contribution in [0.4, 0.5) is 11.4 Å². The highest BCUT2D eigenvalue weighted by Crippen LogP contribution is 2.36. The van der Waals surface area contributed by atoms with Crippen molar-refractivity contribution in [2.75, 3.05) is 23.9 Å². The minimum absolute atomic E-state index is 0.270. The first-order valence-electron chi connectivity index (χ1n) is 8.38. The molecule has 0 saturated carbocycles.